The summed E-state index contributed by atoms with van der Waals surface area (Å²) in [5.74, 6) is 0. The van der Waals surface area contributed by atoms with Crippen LogP contribution >= 0.6 is 0 Å². The molecule has 0 aliphatic carbocycles. The topological polar surface area (TPSA) is 122 Å². The minimum atomic E-state index is -3.99. The molecule has 20 heavy (non-hydrogen) atoms. The Morgan fingerprint density at radius 2 is 2.05 bits per heavy atom. The average Bonchev–Trinajstić information content (AvgIpc) is 2.85. The SMILES string of the molecule is N#C[C@@H]1C[C@@H](OS(=O)(=O)c2ccc([N+](=O)[O-])cc2)CN1. The zero-order valence-corrected chi connectivity index (χ0v) is 11.0. The van der Waals surface area contributed by atoms with Gasteiger partial charge in [-0.1, -0.05) is 0 Å². The lowest BCUT2D eigenvalue weighted by Gasteiger charge is -2.10. The highest BCUT2D eigenvalue weighted by atomic mass is 32.2. The summed E-state index contributed by atoms with van der Waals surface area (Å²) < 4.78 is 28.9. The van der Waals surface area contributed by atoms with Crippen LogP contribution in [0.3, 0.4) is 0 Å². The highest BCUT2D eigenvalue weighted by molar-refractivity contribution is 7.86. The van der Waals surface area contributed by atoms with Gasteiger partial charge in [-0.25, -0.2) is 0 Å². The van der Waals surface area contributed by atoms with Gasteiger partial charge in [-0.3, -0.25) is 19.6 Å². The maximum absolute atomic E-state index is 12.0. The van der Waals surface area contributed by atoms with Crippen LogP contribution < -0.4 is 5.32 Å². The van der Waals surface area contributed by atoms with Crippen molar-refractivity contribution in [2.24, 2.45) is 0 Å². The van der Waals surface area contributed by atoms with Gasteiger partial charge in [0.1, 0.15) is 0 Å². The van der Waals surface area contributed by atoms with Crippen molar-refractivity contribution in [1.82, 2.24) is 5.32 Å². The molecule has 9 heteroatoms. The summed E-state index contributed by atoms with van der Waals surface area (Å²) in [6, 6.07) is 6.00. The second-order valence-electron chi connectivity index (χ2n) is 4.25. The van der Waals surface area contributed by atoms with Gasteiger partial charge in [0.2, 0.25) is 0 Å². The van der Waals surface area contributed by atoms with Gasteiger partial charge in [0.15, 0.2) is 0 Å². The molecule has 1 aliphatic rings. The van der Waals surface area contributed by atoms with Gasteiger partial charge in [-0.15, -0.1) is 0 Å². The van der Waals surface area contributed by atoms with E-state index in [1.54, 1.807) is 0 Å². The molecule has 1 saturated heterocycles. The smallest absolute Gasteiger partial charge is 0.297 e. The van der Waals surface area contributed by atoms with Gasteiger partial charge >= 0.3 is 0 Å². The fourth-order valence-corrected chi connectivity index (χ4v) is 2.93. The first-order valence-electron chi connectivity index (χ1n) is 5.73. The molecule has 8 nitrogen and oxygen atoms in total. The third-order valence-corrected chi connectivity index (χ3v) is 4.22. The zero-order valence-electron chi connectivity index (χ0n) is 10.2. The average molecular weight is 297 g/mol. The van der Waals surface area contributed by atoms with Crippen molar-refractivity contribution in [2.75, 3.05) is 6.54 Å². The predicted octanol–water partition coefficient (Wildman–Crippen LogP) is 0.554. The number of nitrogens with zero attached hydrogens (tertiary/aromatic N) is 2. The fraction of sp³-hybridized carbons (Fsp3) is 0.364. The first kappa shape index (κ1) is 14.4. The van der Waals surface area contributed by atoms with Crippen molar-refractivity contribution in [3.05, 3.63) is 34.4 Å². The summed E-state index contributed by atoms with van der Waals surface area (Å²) in [5.41, 5.74) is -0.198. The molecule has 1 aromatic carbocycles. The van der Waals surface area contributed by atoms with Crippen LogP contribution in [-0.4, -0.2) is 32.0 Å². The van der Waals surface area contributed by atoms with E-state index in [9.17, 15) is 18.5 Å². The largest absolute Gasteiger partial charge is 0.299 e. The lowest BCUT2D eigenvalue weighted by atomic mass is 10.2. The third-order valence-electron chi connectivity index (χ3n) is 2.85. The van der Waals surface area contributed by atoms with Crippen LogP contribution in [0.2, 0.25) is 0 Å². The minimum absolute atomic E-state index is 0.150. The van der Waals surface area contributed by atoms with Gasteiger partial charge in [0.25, 0.3) is 15.8 Å². The number of rotatable bonds is 4. The first-order valence-corrected chi connectivity index (χ1v) is 7.14. The van der Waals surface area contributed by atoms with E-state index in [4.69, 9.17) is 9.44 Å². The van der Waals surface area contributed by atoms with Gasteiger partial charge in [-0.05, 0) is 12.1 Å². The highest BCUT2D eigenvalue weighted by Crippen LogP contribution is 2.21. The number of nitro benzene ring substituents is 1. The zero-order chi connectivity index (χ0) is 14.8. The maximum Gasteiger partial charge on any atom is 0.297 e. The molecule has 0 bridgehead atoms. The number of benzene rings is 1. The number of nitro groups is 1. The van der Waals surface area contributed by atoms with E-state index in [1.807, 2.05) is 6.07 Å². The molecule has 0 saturated carbocycles. The number of hydrogen-bond acceptors (Lipinski definition) is 7. The maximum atomic E-state index is 12.0. The van der Waals surface area contributed by atoms with Crippen LogP contribution in [0.5, 0.6) is 0 Å². The molecule has 0 radical (unpaired) electrons. The van der Waals surface area contributed by atoms with E-state index in [1.165, 1.54) is 0 Å². The standard InChI is InChI=1S/C11H11N3O5S/c12-6-8-5-10(7-13-8)19-20(17,18)11-3-1-9(2-4-11)14(15)16/h1-4,8,10,13H,5,7H2/t8-,10+/m0/s1. The molecule has 1 fully saturated rings. The van der Waals surface area contributed by atoms with E-state index in [2.05, 4.69) is 5.32 Å². The Morgan fingerprint density at radius 1 is 1.40 bits per heavy atom. The fourth-order valence-electron chi connectivity index (χ4n) is 1.84. The Hall–Kier alpha value is -2.02. The second kappa shape index (κ2) is 5.54. The molecule has 106 valence electrons. The Morgan fingerprint density at radius 3 is 2.55 bits per heavy atom. The van der Waals surface area contributed by atoms with E-state index < -0.39 is 27.2 Å². The van der Waals surface area contributed by atoms with Crippen LogP contribution in [0.15, 0.2) is 29.2 Å². The molecule has 1 heterocycles. The van der Waals surface area contributed by atoms with Crippen LogP contribution in [0.25, 0.3) is 0 Å². The van der Waals surface area contributed by atoms with Crippen LogP contribution in [0.1, 0.15) is 6.42 Å². The summed E-state index contributed by atoms with van der Waals surface area (Å²) in [6.07, 6.45) is -0.331. The van der Waals surface area contributed by atoms with Gasteiger partial charge in [-0.2, -0.15) is 13.7 Å². The van der Waals surface area contributed by atoms with Crippen LogP contribution in [0.4, 0.5) is 5.69 Å². The van der Waals surface area contributed by atoms with Gasteiger partial charge in [0, 0.05) is 25.1 Å². The number of hydrogen-bond donors (Lipinski definition) is 1. The van der Waals surface area contributed by atoms with Crippen molar-refractivity contribution in [3.63, 3.8) is 0 Å². The second-order valence-corrected chi connectivity index (χ2v) is 5.82. The van der Waals surface area contributed by atoms with Crippen LogP contribution in [0, 0.1) is 21.4 Å². The first-order chi connectivity index (χ1) is 9.42. The molecule has 0 spiro atoms. The van der Waals surface area contributed by atoms with Crippen molar-refractivity contribution in [2.45, 2.75) is 23.5 Å². The minimum Gasteiger partial charge on any atom is -0.299 e. The number of nitriles is 1. The van der Waals surface area contributed by atoms with Crippen molar-refractivity contribution in [1.29, 1.82) is 5.26 Å². The van der Waals surface area contributed by atoms with E-state index in [0.29, 0.717) is 0 Å². The van der Waals surface area contributed by atoms with E-state index in [0.717, 1.165) is 24.3 Å². The van der Waals surface area contributed by atoms with Crippen molar-refractivity contribution < 1.29 is 17.5 Å². The Balaban J connectivity index is 2.11. The molecule has 0 amide bonds. The lowest BCUT2D eigenvalue weighted by Crippen LogP contribution is -2.22. The van der Waals surface area contributed by atoms with Crippen molar-refractivity contribution in [3.8, 4) is 6.07 Å². The highest BCUT2D eigenvalue weighted by Gasteiger charge is 2.29. The lowest BCUT2D eigenvalue weighted by molar-refractivity contribution is -0.384. The Labute approximate surface area is 115 Å². The summed E-state index contributed by atoms with van der Waals surface area (Å²) in [5, 5.41) is 22.0. The molecule has 1 N–H and O–H groups in total. The van der Waals surface area contributed by atoms with Crippen LogP contribution in [-0.2, 0) is 14.3 Å². The molecule has 2 rings (SSSR count). The molecule has 2 atom stereocenters. The normalized spacial score (nSPS) is 22.4. The molecule has 1 aromatic rings. The Kier molecular flexibility index (Phi) is 3.99. The molecular formula is C11H11N3O5S. The number of nitrogens with one attached hydrogen (secondary N) is 1. The molecule has 0 aromatic heterocycles. The molecule has 0 unspecified atom stereocenters. The van der Waals surface area contributed by atoms with E-state index in [-0.39, 0.29) is 23.5 Å². The monoisotopic (exact) mass is 297 g/mol. The van der Waals surface area contributed by atoms with Gasteiger partial charge < -0.3 is 0 Å². The quantitative estimate of drug-likeness (QED) is 0.489. The summed E-state index contributed by atoms with van der Waals surface area (Å²) >= 11 is 0. The number of non-ortho nitro benzene ring substituents is 1. The predicted molar refractivity (Wildman–Crippen MR) is 67.2 cm³/mol. The summed E-state index contributed by atoms with van der Waals surface area (Å²) in [6.45, 7) is 0.268. The summed E-state index contributed by atoms with van der Waals surface area (Å²) in [4.78, 5) is 9.73. The molecule has 1 aliphatic heterocycles. The summed E-state index contributed by atoms with van der Waals surface area (Å²) in [7, 11) is -3.99. The Bertz CT molecular complexity index is 650. The van der Waals surface area contributed by atoms with E-state index >= 15 is 0 Å². The third kappa shape index (κ3) is 3.11. The van der Waals surface area contributed by atoms with Gasteiger partial charge in [0.05, 0.1) is 28.0 Å². The molecular weight excluding hydrogens is 286 g/mol. The van der Waals surface area contributed by atoms with Crippen molar-refractivity contribution >= 4 is 15.8 Å².